The van der Waals surface area contributed by atoms with Gasteiger partial charge in [0.2, 0.25) is 5.91 Å². The van der Waals surface area contributed by atoms with Crippen LogP contribution in [0.3, 0.4) is 0 Å². The Kier molecular flexibility index (Phi) is 6.66. The Morgan fingerprint density at radius 1 is 1.19 bits per heavy atom. The number of amides is 1. The Morgan fingerprint density at radius 2 is 1.96 bits per heavy atom. The standard InChI is InChI=1S/C23H28N2O2/c1-3-22(24-23(26)11-10-19-7-4-6-18(2)16-19)20-8-5-9-21(17-20)25-12-14-27-15-13-25/h4-11,16-17,22H,3,12-15H2,1-2H3,(H,24,26). The molecule has 2 aromatic carbocycles. The van der Waals surface area contributed by atoms with Crippen molar-refractivity contribution in [2.24, 2.45) is 0 Å². The summed E-state index contributed by atoms with van der Waals surface area (Å²) in [6.07, 6.45) is 4.32. The number of hydrogen-bond donors (Lipinski definition) is 1. The summed E-state index contributed by atoms with van der Waals surface area (Å²) in [6, 6.07) is 16.6. The molecule has 1 aliphatic heterocycles. The van der Waals surface area contributed by atoms with Crippen molar-refractivity contribution in [2.45, 2.75) is 26.3 Å². The lowest BCUT2D eigenvalue weighted by Crippen LogP contribution is -2.36. The number of hydrogen-bond acceptors (Lipinski definition) is 3. The Morgan fingerprint density at radius 3 is 2.70 bits per heavy atom. The number of carbonyl (C=O) groups is 1. The van der Waals surface area contributed by atoms with Crippen LogP contribution in [0, 0.1) is 6.92 Å². The van der Waals surface area contributed by atoms with Gasteiger partial charge in [0, 0.05) is 24.9 Å². The minimum absolute atomic E-state index is 0.000602. The van der Waals surface area contributed by atoms with Gasteiger partial charge in [-0.3, -0.25) is 4.79 Å². The van der Waals surface area contributed by atoms with Crippen molar-refractivity contribution in [1.82, 2.24) is 5.32 Å². The molecule has 142 valence electrons. The summed E-state index contributed by atoms with van der Waals surface area (Å²) < 4.78 is 5.44. The van der Waals surface area contributed by atoms with Gasteiger partial charge >= 0.3 is 0 Å². The van der Waals surface area contributed by atoms with Crippen molar-refractivity contribution in [3.63, 3.8) is 0 Å². The van der Waals surface area contributed by atoms with Crippen LogP contribution in [0.25, 0.3) is 6.08 Å². The van der Waals surface area contributed by atoms with E-state index in [0.717, 1.165) is 43.9 Å². The van der Waals surface area contributed by atoms with E-state index in [1.54, 1.807) is 6.08 Å². The summed E-state index contributed by atoms with van der Waals surface area (Å²) in [6.45, 7) is 7.49. The molecule has 1 aliphatic rings. The van der Waals surface area contributed by atoms with E-state index in [-0.39, 0.29) is 11.9 Å². The maximum Gasteiger partial charge on any atom is 0.244 e. The van der Waals surface area contributed by atoms with Crippen molar-refractivity contribution >= 4 is 17.7 Å². The zero-order chi connectivity index (χ0) is 19.1. The van der Waals surface area contributed by atoms with Gasteiger partial charge in [-0.1, -0.05) is 48.9 Å². The van der Waals surface area contributed by atoms with Crippen molar-refractivity contribution in [1.29, 1.82) is 0 Å². The largest absolute Gasteiger partial charge is 0.378 e. The minimum Gasteiger partial charge on any atom is -0.378 e. The van der Waals surface area contributed by atoms with E-state index >= 15 is 0 Å². The molecule has 0 aliphatic carbocycles. The molecule has 4 heteroatoms. The molecule has 4 nitrogen and oxygen atoms in total. The van der Waals surface area contributed by atoms with Gasteiger partial charge in [0.1, 0.15) is 0 Å². The summed E-state index contributed by atoms with van der Waals surface area (Å²) >= 11 is 0. The second kappa shape index (κ2) is 9.38. The molecular formula is C23H28N2O2. The molecule has 1 heterocycles. The highest BCUT2D eigenvalue weighted by atomic mass is 16.5. The topological polar surface area (TPSA) is 41.6 Å². The van der Waals surface area contributed by atoms with E-state index in [1.807, 2.05) is 31.2 Å². The van der Waals surface area contributed by atoms with Gasteiger partial charge in [-0.15, -0.1) is 0 Å². The number of benzene rings is 2. The molecule has 27 heavy (non-hydrogen) atoms. The highest BCUT2D eigenvalue weighted by molar-refractivity contribution is 5.92. The molecule has 0 radical (unpaired) electrons. The SMILES string of the molecule is CCC(NC(=O)C=Cc1cccc(C)c1)c1cccc(N2CCOCC2)c1. The zero-order valence-electron chi connectivity index (χ0n) is 16.2. The van der Waals surface area contributed by atoms with Crippen molar-refractivity contribution in [3.8, 4) is 0 Å². The molecule has 1 N–H and O–H groups in total. The second-order valence-corrected chi connectivity index (χ2v) is 6.91. The number of carbonyl (C=O) groups excluding carboxylic acids is 1. The average Bonchev–Trinajstić information content (AvgIpc) is 2.71. The summed E-state index contributed by atoms with van der Waals surface area (Å²) in [5.41, 5.74) is 4.55. The Bertz CT molecular complexity index is 794. The molecule has 0 aromatic heterocycles. The van der Waals surface area contributed by atoms with E-state index in [2.05, 4.69) is 47.5 Å². The summed E-state index contributed by atoms with van der Waals surface area (Å²) in [7, 11) is 0. The van der Waals surface area contributed by atoms with Gasteiger partial charge in [-0.2, -0.15) is 0 Å². The third-order valence-electron chi connectivity index (χ3n) is 4.84. The first-order valence-electron chi connectivity index (χ1n) is 9.63. The van der Waals surface area contributed by atoms with Gasteiger partial charge < -0.3 is 15.0 Å². The second-order valence-electron chi connectivity index (χ2n) is 6.91. The van der Waals surface area contributed by atoms with Crippen LogP contribution < -0.4 is 10.2 Å². The normalized spacial score (nSPS) is 15.7. The third-order valence-corrected chi connectivity index (χ3v) is 4.84. The minimum atomic E-state index is -0.0693. The fraction of sp³-hybridized carbons (Fsp3) is 0.348. The van der Waals surface area contributed by atoms with E-state index in [4.69, 9.17) is 4.74 Å². The maximum absolute atomic E-state index is 12.4. The number of morpholine rings is 1. The Labute approximate surface area is 161 Å². The van der Waals surface area contributed by atoms with Crippen molar-refractivity contribution < 1.29 is 9.53 Å². The lowest BCUT2D eigenvalue weighted by Gasteiger charge is -2.29. The van der Waals surface area contributed by atoms with Crippen molar-refractivity contribution in [3.05, 3.63) is 71.3 Å². The third kappa shape index (κ3) is 5.44. The van der Waals surface area contributed by atoms with Gasteiger partial charge in [0.15, 0.2) is 0 Å². The van der Waals surface area contributed by atoms with Crippen LogP contribution in [0.1, 0.15) is 36.1 Å². The highest BCUT2D eigenvalue weighted by Crippen LogP contribution is 2.23. The van der Waals surface area contributed by atoms with Crippen LogP contribution in [0.5, 0.6) is 0 Å². The Balaban J connectivity index is 1.66. The van der Waals surface area contributed by atoms with Crippen molar-refractivity contribution in [2.75, 3.05) is 31.2 Å². The lowest BCUT2D eigenvalue weighted by molar-refractivity contribution is -0.117. The molecular weight excluding hydrogens is 336 g/mol. The maximum atomic E-state index is 12.4. The smallest absolute Gasteiger partial charge is 0.244 e. The first-order chi connectivity index (χ1) is 13.2. The molecule has 2 aromatic rings. The molecule has 3 rings (SSSR count). The van der Waals surface area contributed by atoms with Crippen LogP contribution >= 0.6 is 0 Å². The molecule has 0 saturated carbocycles. The monoisotopic (exact) mass is 364 g/mol. The first kappa shape index (κ1) is 19.2. The molecule has 1 atom stereocenters. The lowest BCUT2D eigenvalue weighted by atomic mass is 10.0. The zero-order valence-corrected chi connectivity index (χ0v) is 16.2. The fourth-order valence-electron chi connectivity index (χ4n) is 3.35. The van der Waals surface area contributed by atoms with Gasteiger partial charge in [-0.05, 0) is 42.7 Å². The molecule has 0 spiro atoms. The Hall–Kier alpha value is -2.59. The molecule has 1 amide bonds. The van der Waals surface area contributed by atoms with Gasteiger partial charge in [-0.25, -0.2) is 0 Å². The van der Waals surface area contributed by atoms with Crippen LogP contribution in [0.2, 0.25) is 0 Å². The average molecular weight is 364 g/mol. The molecule has 0 bridgehead atoms. The van der Waals surface area contributed by atoms with Crippen LogP contribution in [0.4, 0.5) is 5.69 Å². The number of nitrogens with one attached hydrogen (secondary N) is 1. The number of rotatable bonds is 6. The fourth-order valence-corrected chi connectivity index (χ4v) is 3.35. The van der Waals surface area contributed by atoms with E-state index in [1.165, 1.54) is 11.3 Å². The first-order valence-corrected chi connectivity index (χ1v) is 9.63. The quantitative estimate of drug-likeness (QED) is 0.784. The highest BCUT2D eigenvalue weighted by Gasteiger charge is 2.15. The van der Waals surface area contributed by atoms with Gasteiger partial charge in [0.25, 0.3) is 0 Å². The predicted molar refractivity (Wildman–Crippen MR) is 111 cm³/mol. The summed E-state index contributed by atoms with van der Waals surface area (Å²) in [5.74, 6) is -0.0693. The molecule has 1 saturated heterocycles. The number of ether oxygens (including phenoxy) is 1. The van der Waals surface area contributed by atoms with E-state index in [0.29, 0.717) is 0 Å². The predicted octanol–water partition coefficient (Wildman–Crippen LogP) is 4.11. The van der Waals surface area contributed by atoms with Gasteiger partial charge in [0.05, 0.1) is 19.3 Å². The number of nitrogens with zero attached hydrogens (tertiary/aromatic N) is 1. The van der Waals surface area contributed by atoms with Crippen LogP contribution in [-0.4, -0.2) is 32.2 Å². The number of anilines is 1. The van der Waals surface area contributed by atoms with Crippen LogP contribution in [0.15, 0.2) is 54.6 Å². The number of aryl methyl sites for hydroxylation is 1. The van der Waals surface area contributed by atoms with Crippen LogP contribution in [-0.2, 0) is 9.53 Å². The van der Waals surface area contributed by atoms with E-state index in [9.17, 15) is 4.79 Å². The summed E-state index contributed by atoms with van der Waals surface area (Å²) in [4.78, 5) is 14.7. The van der Waals surface area contributed by atoms with E-state index < -0.39 is 0 Å². The summed E-state index contributed by atoms with van der Waals surface area (Å²) in [5, 5.41) is 3.13. The molecule has 1 unspecified atom stereocenters. The molecule has 1 fully saturated rings.